The fourth-order valence-electron chi connectivity index (χ4n) is 3.05. The van der Waals surface area contributed by atoms with Crippen molar-refractivity contribution in [1.29, 1.82) is 0 Å². The Hall–Kier alpha value is 0.230. The average Bonchev–Trinajstić information content (AvgIpc) is 2.43. The summed E-state index contributed by atoms with van der Waals surface area (Å²) in [7, 11) is 0. The van der Waals surface area contributed by atoms with Crippen LogP contribution in [0.3, 0.4) is 0 Å². The molecular weight excluding hydrogens is 270 g/mol. The van der Waals surface area contributed by atoms with Crippen LogP contribution in [0.5, 0.6) is 0 Å². The van der Waals surface area contributed by atoms with E-state index < -0.39 is 0 Å². The van der Waals surface area contributed by atoms with Crippen LogP contribution in [0.4, 0.5) is 0 Å². The van der Waals surface area contributed by atoms with Crippen molar-refractivity contribution in [3.05, 3.63) is 0 Å². The predicted octanol–water partition coefficient (Wildman–Crippen LogP) is 3.08. The van der Waals surface area contributed by atoms with E-state index in [1.165, 1.54) is 30.8 Å². The van der Waals surface area contributed by atoms with Gasteiger partial charge in [-0.3, -0.25) is 0 Å². The van der Waals surface area contributed by atoms with Crippen LogP contribution in [0.25, 0.3) is 0 Å². The van der Waals surface area contributed by atoms with Gasteiger partial charge >= 0.3 is 0 Å². The Morgan fingerprint density at radius 1 is 1.30 bits per heavy atom. The zero-order chi connectivity index (χ0) is 14.3. The minimum atomic E-state index is 0.194. The molecule has 4 heteroatoms. The van der Waals surface area contributed by atoms with Gasteiger partial charge in [-0.25, -0.2) is 0 Å². The lowest BCUT2D eigenvalue weighted by molar-refractivity contribution is -0.0935. The molecular formula is C16H31NO2S. The van der Waals surface area contributed by atoms with Gasteiger partial charge in [-0.2, -0.15) is 11.8 Å². The summed E-state index contributed by atoms with van der Waals surface area (Å²) in [6.45, 7) is 8.13. The van der Waals surface area contributed by atoms with Crippen molar-refractivity contribution in [3.8, 4) is 0 Å². The molecule has 2 rings (SSSR count). The highest BCUT2D eigenvalue weighted by atomic mass is 32.2. The van der Waals surface area contributed by atoms with E-state index in [9.17, 15) is 0 Å². The molecule has 2 saturated heterocycles. The number of hydrogen-bond acceptors (Lipinski definition) is 4. The summed E-state index contributed by atoms with van der Waals surface area (Å²) in [5, 5.41) is 3.67. The molecule has 118 valence electrons. The lowest BCUT2D eigenvalue weighted by Gasteiger charge is -2.43. The molecule has 2 heterocycles. The molecule has 0 amide bonds. The van der Waals surface area contributed by atoms with Crippen molar-refractivity contribution in [1.82, 2.24) is 5.32 Å². The molecule has 2 fully saturated rings. The Bertz CT molecular complexity index is 262. The van der Waals surface area contributed by atoms with Crippen LogP contribution in [-0.2, 0) is 9.47 Å². The fourth-order valence-corrected chi connectivity index (χ4v) is 4.29. The van der Waals surface area contributed by atoms with Crippen molar-refractivity contribution < 1.29 is 9.47 Å². The maximum absolute atomic E-state index is 6.12. The van der Waals surface area contributed by atoms with Crippen molar-refractivity contribution in [2.75, 3.05) is 37.9 Å². The standard InChI is InChI=1S/C16H31NO2S/c1-14(2)3-8-18-10-7-17-15-4-9-19-16(13-15)5-11-20-12-6-16/h14-15,17H,3-13H2,1-2H3. The zero-order valence-corrected chi connectivity index (χ0v) is 14.0. The highest BCUT2D eigenvalue weighted by Gasteiger charge is 2.38. The Kier molecular flexibility index (Phi) is 7.15. The van der Waals surface area contributed by atoms with Gasteiger partial charge in [-0.1, -0.05) is 13.8 Å². The van der Waals surface area contributed by atoms with E-state index in [1.54, 1.807) is 0 Å². The van der Waals surface area contributed by atoms with E-state index in [4.69, 9.17) is 9.47 Å². The van der Waals surface area contributed by atoms with E-state index in [0.717, 1.165) is 45.1 Å². The number of ether oxygens (including phenoxy) is 2. The molecule has 1 unspecified atom stereocenters. The molecule has 0 aliphatic carbocycles. The summed E-state index contributed by atoms with van der Waals surface area (Å²) in [6.07, 6.45) is 5.99. The molecule has 0 bridgehead atoms. The van der Waals surface area contributed by atoms with Gasteiger partial charge in [-0.05, 0) is 49.5 Å². The van der Waals surface area contributed by atoms with Gasteiger partial charge in [-0.15, -0.1) is 0 Å². The molecule has 1 spiro atoms. The van der Waals surface area contributed by atoms with Crippen LogP contribution in [0.1, 0.15) is 46.0 Å². The summed E-state index contributed by atoms with van der Waals surface area (Å²) in [4.78, 5) is 0. The topological polar surface area (TPSA) is 30.5 Å². The third-order valence-electron chi connectivity index (χ3n) is 4.42. The predicted molar refractivity (Wildman–Crippen MR) is 86.5 cm³/mol. The van der Waals surface area contributed by atoms with Gasteiger partial charge in [0.05, 0.1) is 12.2 Å². The Morgan fingerprint density at radius 2 is 2.10 bits per heavy atom. The van der Waals surface area contributed by atoms with Gasteiger partial charge in [0.25, 0.3) is 0 Å². The van der Waals surface area contributed by atoms with E-state index in [-0.39, 0.29) is 5.60 Å². The molecule has 1 N–H and O–H groups in total. The van der Waals surface area contributed by atoms with E-state index in [1.807, 2.05) is 0 Å². The summed E-state index contributed by atoms with van der Waals surface area (Å²) < 4.78 is 11.8. The first-order chi connectivity index (χ1) is 9.70. The summed E-state index contributed by atoms with van der Waals surface area (Å²) in [5.74, 6) is 3.28. The van der Waals surface area contributed by atoms with Crippen molar-refractivity contribution in [2.24, 2.45) is 5.92 Å². The van der Waals surface area contributed by atoms with Crippen molar-refractivity contribution in [2.45, 2.75) is 57.6 Å². The maximum Gasteiger partial charge on any atom is 0.0713 e. The SMILES string of the molecule is CC(C)CCOCCNC1CCOC2(CCSCC2)C1. The summed E-state index contributed by atoms with van der Waals surface area (Å²) >= 11 is 2.07. The molecule has 0 aromatic heterocycles. The molecule has 20 heavy (non-hydrogen) atoms. The minimum absolute atomic E-state index is 0.194. The third-order valence-corrected chi connectivity index (χ3v) is 5.40. The summed E-state index contributed by atoms with van der Waals surface area (Å²) in [5.41, 5.74) is 0.194. The zero-order valence-electron chi connectivity index (χ0n) is 13.2. The monoisotopic (exact) mass is 301 g/mol. The Labute approximate surface area is 128 Å². The Morgan fingerprint density at radius 3 is 2.85 bits per heavy atom. The molecule has 2 aliphatic heterocycles. The van der Waals surface area contributed by atoms with E-state index in [2.05, 4.69) is 30.9 Å². The first kappa shape index (κ1) is 16.6. The van der Waals surface area contributed by atoms with Crippen LogP contribution in [0.2, 0.25) is 0 Å². The van der Waals surface area contributed by atoms with Crippen LogP contribution in [0, 0.1) is 5.92 Å². The first-order valence-corrected chi connectivity index (χ1v) is 9.38. The summed E-state index contributed by atoms with van der Waals surface area (Å²) in [6, 6.07) is 0.626. The van der Waals surface area contributed by atoms with Gasteiger partial charge in [0.1, 0.15) is 0 Å². The smallest absolute Gasteiger partial charge is 0.0713 e. The molecule has 2 aliphatic rings. The fraction of sp³-hybridized carbons (Fsp3) is 1.00. The van der Waals surface area contributed by atoms with Crippen LogP contribution in [-0.4, -0.2) is 49.5 Å². The molecule has 0 aromatic rings. The second kappa shape index (κ2) is 8.62. The van der Waals surface area contributed by atoms with Crippen molar-refractivity contribution >= 4 is 11.8 Å². The first-order valence-electron chi connectivity index (χ1n) is 8.23. The second-order valence-corrected chi connectivity index (χ2v) is 7.81. The van der Waals surface area contributed by atoms with E-state index in [0.29, 0.717) is 6.04 Å². The molecule has 0 aromatic carbocycles. The number of thioether (sulfide) groups is 1. The third kappa shape index (κ3) is 5.55. The van der Waals surface area contributed by atoms with Crippen LogP contribution < -0.4 is 5.32 Å². The van der Waals surface area contributed by atoms with Crippen LogP contribution >= 0.6 is 11.8 Å². The largest absolute Gasteiger partial charge is 0.380 e. The number of rotatable bonds is 7. The van der Waals surface area contributed by atoms with Gasteiger partial charge in [0, 0.05) is 25.8 Å². The van der Waals surface area contributed by atoms with Crippen molar-refractivity contribution in [3.63, 3.8) is 0 Å². The Balaban J connectivity index is 1.58. The number of hydrogen-bond donors (Lipinski definition) is 1. The van der Waals surface area contributed by atoms with E-state index >= 15 is 0 Å². The highest BCUT2D eigenvalue weighted by molar-refractivity contribution is 7.99. The van der Waals surface area contributed by atoms with Crippen LogP contribution in [0.15, 0.2) is 0 Å². The molecule has 1 atom stereocenters. The normalized spacial score (nSPS) is 26.2. The lowest BCUT2D eigenvalue weighted by atomic mass is 9.85. The van der Waals surface area contributed by atoms with Gasteiger partial charge in [0.2, 0.25) is 0 Å². The molecule has 0 saturated carbocycles. The molecule has 0 radical (unpaired) electrons. The average molecular weight is 301 g/mol. The van der Waals surface area contributed by atoms with Gasteiger partial charge < -0.3 is 14.8 Å². The van der Waals surface area contributed by atoms with Gasteiger partial charge in [0.15, 0.2) is 0 Å². The lowest BCUT2D eigenvalue weighted by Crippen LogP contribution is -2.49. The number of nitrogens with one attached hydrogen (secondary N) is 1. The quantitative estimate of drug-likeness (QED) is 0.732. The highest BCUT2D eigenvalue weighted by Crippen LogP contribution is 2.37. The second-order valence-electron chi connectivity index (χ2n) is 6.58. The maximum atomic E-state index is 6.12. The molecule has 3 nitrogen and oxygen atoms in total. The minimum Gasteiger partial charge on any atom is -0.380 e.